The van der Waals surface area contributed by atoms with Gasteiger partial charge in [-0.05, 0) is 6.42 Å². The van der Waals surface area contributed by atoms with Gasteiger partial charge in [-0.25, -0.2) is 0 Å². The van der Waals surface area contributed by atoms with Gasteiger partial charge < -0.3 is 14.6 Å². The average Bonchev–Trinajstić information content (AvgIpc) is 1.98. The second kappa shape index (κ2) is 5.03. The van der Waals surface area contributed by atoms with E-state index in [0.717, 1.165) is 12.8 Å². The predicted octanol–water partition coefficient (Wildman–Crippen LogP) is 0.536. The van der Waals surface area contributed by atoms with Gasteiger partial charge in [0.05, 0.1) is 6.61 Å². The summed E-state index contributed by atoms with van der Waals surface area (Å²) in [4.78, 5) is 9.70. The van der Waals surface area contributed by atoms with Gasteiger partial charge in [0.1, 0.15) is 5.97 Å². The van der Waals surface area contributed by atoms with E-state index < -0.39 is 12.1 Å². The molecule has 0 unspecified atom stereocenters. The second-order valence-electron chi connectivity index (χ2n) is 2.36. The third-order valence-corrected chi connectivity index (χ3v) is 1.27. The SMILES string of the molecule is CCCCCOC(F)(F)C(=O)[O-]. The number of alkyl halides is 2. The average molecular weight is 181 g/mol. The van der Waals surface area contributed by atoms with E-state index in [9.17, 15) is 18.7 Å². The fourth-order valence-corrected chi connectivity index (χ4v) is 0.611. The van der Waals surface area contributed by atoms with Gasteiger partial charge in [0.2, 0.25) is 0 Å². The molecule has 0 aromatic carbocycles. The number of hydrogen-bond acceptors (Lipinski definition) is 3. The fourth-order valence-electron chi connectivity index (χ4n) is 0.611. The Hall–Kier alpha value is -0.710. The Labute approximate surface area is 69.3 Å². The second-order valence-corrected chi connectivity index (χ2v) is 2.36. The van der Waals surface area contributed by atoms with Crippen LogP contribution in [0.1, 0.15) is 26.2 Å². The van der Waals surface area contributed by atoms with Crippen LogP contribution in [0.2, 0.25) is 0 Å². The van der Waals surface area contributed by atoms with Crippen molar-refractivity contribution in [3.05, 3.63) is 0 Å². The van der Waals surface area contributed by atoms with Gasteiger partial charge in [0.15, 0.2) is 0 Å². The van der Waals surface area contributed by atoms with Crippen LogP contribution in [0.5, 0.6) is 0 Å². The first kappa shape index (κ1) is 11.3. The van der Waals surface area contributed by atoms with Crippen molar-refractivity contribution in [2.75, 3.05) is 6.61 Å². The largest absolute Gasteiger partial charge is 0.542 e. The van der Waals surface area contributed by atoms with Crippen molar-refractivity contribution in [1.82, 2.24) is 0 Å². The highest BCUT2D eigenvalue weighted by atomic mass is 19.3. The molecule has 0 amide bonds. The number of carbonyl (C=O) groups is 1. The van der Waals surface area contributed by atoms with Crippen molar-refractivity contribution < 1.29 is 23.4 Å². The summed E-state index contributed by atoms with van der Waals surface area (Å²) < 4.78 is 28.0. The zero-order chi connectivity index (χ0) is 9.61. The number of aliphatic carboxylic acids is 1. The van der Waals surface area contributed by atoms with E-state index in [0.29, 0.717) is 6.42 Å². The van der Waals surface area contributed by atoms with Crippen molar-refractivity contribution in [2.24, 2.45) is 0 Å². The molecule has 0 saturated heterocycles. The summed E-state index contributed by atoms with van der Waals surface area (Å²) in [5, 5.41) is 9.70. The van der Waals surface area contributed by atoms with Crippen molar-refractivity contribution >= 4 is 5.97 Å². The molecule has 0 aliphatic rings. The zero-order valence-electron chi connectivity index (χ0n) is 6.81. The Morgan fingerprint density at radius 1 is 1.50 bits per heavy atom. The predicted molar refractivity (Wildman–Crippen MR) is 35.4 cm³/mol. The van der Waals surface area contributed by atoms with Crippen LogP contribution in [0.4, 0.5) is 8.78 Å². The van der Waals surface area contributed by atoms with E-state index in [4.69, 9.17) is 0 Å². The molecule has 0 bridgehead atoms. The minimum absolute atomic E-state index is 0.255. The monoisotopic (exact) mass is 181 g/mol. The number of halogens is 2. The van der Waals surface area contributed by atoms with Crippen molar-refractivity contribution in [3.8, 4) is 0 Å². The molecule has 0 aliphatic carbocycles. The van der Waals surface area contributed by atoms with Gasteiger partial charge in [0.25, 0.3) is 0 Å². The number of carbonyl (C=O) groups excluding carboxylic acids is 1. The highest BCUT2D eigenvalue weighted by Crippen LogP contribution is 2.14. The molecule has 12 heavy (non-hydrogen) atoms. The van der Waals surface area contributed by atoms with E-state index in [2.05, 4.69) is 4.74 Å². The van der Waals surface area contributed by atoms with Gasteiger partial charge >= 0.3 is 6.11 Å². The molecular formula is C7H11F2O3-. The summed E-state index contributed by atoms with van der Waals surface area (Å²) in [5.41, 5.74) is 0. The smallest absolute Gasteiger partial charge is 0.397 e. The first-order valence-corrected chi connectivity index (χ1v) is 3.74. The van der Waals surface area contributed by atoms with E-state index in [1.54, 1.807) is 0 Å². The molecule has 0 aromatic rings. The molecule has 3 nitrogen and oxygen atoms in total. The van der Waals surface area contributed by atoms with E-state index in [1.807, 2.05) is 6.92 Å². The lowest BCUT2D eigenvalue weighted by atomic mass is 10.3. The van der Waals surface area contributed by atoms with Crippen LogP contribution in [0.3, 0.4) is 0 Å². The molecular weight excluding hydrogens is 170 g/mol. The summed E-state index contributed by atoms with van der Waals surface area (Å²) in [5.74, 6) is -2.49. The number of hydrogen-bond donors (Lipinski definition) is 0. The molecule has 0 aromatic heterocycles. The van der Waals surface area contributed by atoms with Crippen molar-refractivity contribution in [3.63, 3.8) is 0 Å². The maximum atomic E-state index is 12.1. The normalized spacial score (nSPS) is 11.6. The van der Waals surface area contributed by atoms with Gasteiger partial charge in [-0.2, -0.15) is 8.78 Å². The quantitative estimate of drug-likeness (QED) is 0.562. The lowest BCUT2D eigenvalue weighted by molar-refractivity contribution is -0.362. The molecule has 0 N–H and O–H groups in total. The third-order valence-electron chi connectivity index (χ3n) is 1.27. The van der Waals surface area contributed by atoms with Crippen LogP contribution in [-0.4, -0.2) is 18.7 Å². The first-order valence-electron chi connectivity index (χ1n) is 3.74. The maximum absolute atomic E-state index is 12.1. The fraction of sp³-hybridized carbons (Fsp3) is 0.857. The van der Waals surface area contributed by atoms with Crippen LogP contribution in [-0.2, 0) is 9.53 Å². The van der Waals surface area contributed by atoms with Crippen LogP contribution < -0.4 is 5.11 Å². The number of carboxylic acids is 1. The standard InChI is InChI=1S/C7H12F2O3/c1-2-3-4-5-12-7(8,9)6(10)11/h2-5H2,1H3,(H,10,11)/p-1. The van der Waals surface area contributed by atoms with Gasteiger partial charge in [0, 0.05) is 0 Å². The molecule has 0 atom stereocenters. The molecule has 0 spiro atoms. The lowest BCUT2D eigenvalue weighted by Crippen LogP contribution is -2.43. The number of ether oxygens (including phenoxy) is 1. The zero-order valence-corrected chi connectivity index (χ0v) is 6.81. The molecule has 0 radical (unpaired) electrons. The van der Waals surface area contributed by atoms with Crippen molar-refractivity contribution in [2.45, 2.75) is 32.3 Å². The van der Waals surface area contributed by atoms with Crippen LogP contribution in [0.25, 0.3) is 0 Å². The highest BCUT2D eigenvalue weighted by molar-refractivity contribution is 5.71. The molecule has 0 fully saturated rings. The lowest BCUT2D eigenvalue weighted by Gasteiger charge is -2.16. The summed E-state index contributed by atoms with van der Waals surface area (Å²) in [7, 11) is 0. The van der Waals surface area contributed by atoms with E-state index >= 15 is 0 Å². The van der Waals surface area contributed by atoms with E-state index in [-0.39, 0.29) is 6.61 Å². The van der Waals surface area contributed by atoms with Gasteiger partial charge in [-0.15, -0.1) is 0 Å². The van der Waals surface area contributed by atoms with Crippen LogP contribution in [0, 0.1) is 0 Å². The first-order chi connectivity index (χ1) is 5.50. The Morgan fingerprint density at radius 2 is 2.08 bits per heavy atom. The molecule has 5 heteroatoms. The Kier molecular flexibility index (Phi) is 4.73. The van der Waals surface area contributed by atoms with Crippen LogP contribution >= 0.6 is 0 Å². The summed E-state index contributed by atoms with van der Waals surface area (Å²) in [6.07, 6.45) is -2.11. The Balaban J connectivity index is 3.54. The van der Waals surface area contributed by atoms with Gasteiger partial charge in [-0.1, -0.05) is 19.8 Å². The van der Waals surface area contributed by atoms with Crippen molar-refractivity contribution in [1.29, 1.82) is 0 Å². The maximum Gasteiger partial charge on any atom is 0.397 e. The summed E-state index contributed by atoms with van der Waals surface area (Å²) in [6, 6.07) is 0. The Bertz CT molecular complexity index is 148. The van der Waals surface area contributed by atoms with Crippen LogP contribution in [0.15, 0.2) is 0 Å². The molecule has 72 valence electrons. The number of rotatable bonds is 6. The Morgan fingerprint density at radius 3 is 2.50 bits per heavy atom. The molecule has 0 rings (SSSR count). The van der Waals surface area contributed by atoms with E-state index in [1.165, 1.54) is 0 Å². The van der Waals surface area contributed by atoms with Gasteiger partial charge in [-0.3, -0.25) is 0 Å². The summed E-state index contributed by atoms with van der Waals surface area (Å²) >= 11 is 0. The highest BCUT2D eigenvalue weighted by Gasteiger charge is 2.31. The molecule has 0 aliphatic heterocycles. The third kappa shape index (κ3) is 4.23. The molecule has 0 heterocycles. The minimum atomic E-state index is -4.15. The summed E-state index contributed by atoms with van der Waals surface area (Å²) in [6.45, 7) is 1.64. The molecule has 0 saturated carbocycles. The number of unbranched alkanes of at least 4 members (excludes halogenated alkanes) is 2. The topological polar surface area (TPSA) is 49.4 Å². The minimum Gasteiger partial charge on any atom is -0.542 e. The number of carboxylic acid groups (broad SMARTS) is 1.